The zero-order valence-corrected chi connectivity index (χ0v) is 9.49. The summed E-state index contributed by atoms with van der Waals surface area (Å²) in [5.41, 5.74) is 2.87. The van der Waals surface area contributed by atoms with Crippen molar-refractivity contribution in [1.82, 2.24) is 0 Å². The molecule has 0 radical (unpaired) electrons. The molecule has 0 aliphatic heterocycles. The molecule has 0 spiro atoms. The topological polar surface area (TPSA) is 0 Å². The molecule has 0 nitrogen and oxygen atoms in total. The van der Waals surface area contributed by atoms with Gasteiger partial charge >= 0.3 is 0 Å². The van der Waals surface area contributed by atoms with Crippen molar-refractivity contribution in [3.05, 3.63) is 23.8 Å². The Hall–Kier alpha value is -0.303. The lowest BCUT2D eigenvalue weighted by Gasteiger charge is -2.17. The molecule has 0 aromatic rings. The van der Waals surface area contributed by atoms with Gasteiger partial charge in [-0.1, -0.05) is 43.4 Å². The molecule has 0 aromatic carbocycles. The standard InChI is InChI=1S/C10H20Si/c1-7-10(9(2)3)8-11(4,5)6/h7H,1,8H2,2-6H3. The van der Waals surface area contributed by atoms with Crippen molar-refractivity contribution < 1.29 is 0 Å². The molecular weight excluding hydrogens is 148 g/mol. The quantitative estimate of drug-likeness (QED) is 0.443. The van der Waals surface area contributed by atoms with E-state index < -0.39 is 8.07 Å². The molecule has 11 heavy (non-hydrogen) atoms. The molecule has 0 fully saturated rings. The smallest absolute Gasteiger partial charge is 0.0487 e. The number of hydrogen-bond donors (Lipinski definition) is 0. The Balaban J connectivity index is 4.35. The first-order valence-corrected chi connectivity index (χ1v) is 7.86. The highest BCUT2D eigenvalue weighted by atomic mass is 28.3. The molecule has 0 saturated carbocycles. The summed E-state index contributed by atoms with van der Waals surface area (Å²) in [6.07, 6.45) is 2.01. The van der Waals surface area contributed by atoms with Crippen LogP contribution in [0.25, 0.3) is 0 Å². The molecule has 0 aliphatic rings. The van der Waals surface area contributed by atoms with Crippen LogP contribution in [-0.2, 0) is 0 Å². The Morgan fingerprint density at radius 2 is 1.73 bits per heavy atom. The molecule has 0 bridgehead atoms. The summed E-state index contributed by atoms with van der Waals surface area (Å²) >= 11 is 0. The van der Waals surface area contributed by atoms with Gasteiger partial charge in [0.25, 0.3) is 0 Å². The Bertz CT molecular complexity index is 166. The fourth-order valence-electron chi connectivity index (χ4n) is 1.02. The highest BCUT2D eigenvalue weighted by molar-refractivity contribution is 6.76. The van der Waals surface area contributed by atoms with Crippen LogP contribution in [0.15, 0.2) is 23.8 Å². The second-order valence-electron chi connectivity index (χ2n) is 4.47. The largest absolute Gasteiger partial charge is 0.0988 e. The summed E-state index contributed by atoms with van der Waals surface area (Å²) in [5.74, 6) is 0. The van der Waals surface area contributed by atoms with Gasteiger partial charge in [-0.05, 0) is 19.9 Å². The van der Waals surface area contributed by atoms with Crippen molar-refractivity contribution >= 4 is 8.07 Å². The number of allylic oxidation sites excluding steroid dienone is 3. The number of rotatable bonds is 3. The van der Waals surface area contributed by atoms with Gasteiger partial charge in [0.15, 0.2) is 0 Å². The Kier molecular flexibility index (Phi) is 3.80. The molecule has 0 amide bonds. The minimum atomic E-state index is -0.933. The maximum absolute atomic E-state index is 3.83. The molecule has 0 aliphatic carbocycles. The van der Waals surface area contributed by atoms with Gasteiger partial charge < -0.3 is 0 Å². The van der Waals surface area contributed by atoms with Gasteiger partial charge in [0.05, 0.1) is 0 Å². The lowest BCUT2D eigenvalue weighted by Crippen LogP contribution is -2.19. The molecular formula is C10H20Si. The van der Waals surface area contributed by atoms with E-state index in [1.165, 1.54) is 17.2 Å². The van der Waals surface area contributed by atoms with Crippen molar-refractivity contribution in [2.75, 3.05) is 0 Å². The van der Waals surface area contributed by atoms with Gasteiger partial charge in [-0.25, -0.2) is 0 Å². The van der Waals surface area contributed by atoms with Crippen molar-refractivity contribution in [3.63, 3.8) is 0 Å². The lowest BCUT2D eigenvalue weighted by molar-refractivity contribution is 1.26. The van der Waals surface area contributed by atoms with Gasteiger partial charge in [-0.3, -0.25) is 0 Å². The maximum atomic E-state index is 3.83. The van der Waals surface area contributed by atoms with Crippen molar-refractivity contribution in [1.29, 1.82) is 0 Å². The fourth-order valence-corrected chi connectivity index (χ4v) is 2.67. The van der Waals surface area contributed by atoms with E-state index in [2.05, 4.69) is 40.1 Å². The predicted octanol–water partition coefficient (Wildman–Crippen LogP) is 3.85. The second-order valence-corrected chi connectivity index (χ2v) is 9.94. The average molecular weight is 168 g/mol. The SMILES string of the molecule is C=CC(C[Si](C)(C)C)=C(C)C. The van der Waals surface area contributed by atoms with Gasteiger partial charge in [0.2, 0.25) is 0 Å². The minimum absolute atomic E-state index is 0.933. The molecule has 0 aromatic heterocycles. The van der Waals surface area contributed by atoms with Gasteiger partial charge in [-0.2, -0.15) is 0 Å². The lowest BCUT2D eigenvalue weighted by atomic mass is 10.2. The van der Waals surface area contributed by atoms with Gasteiger partial charge in [-0.15, -0.1) is 0 Å². The third kappa shape index (κ3) is 5.02. The average Bonchev–Trinajstić information content (AvgIpc) is 1.80. The summed E-state index contributed by atoms with van der Waals surface area (Å²) in [6.45, 7) is 15.3. The monoisotopic (exact) mass is 168 g/mol. The third-order valence-electron chi connectivity index (χ3n) is 1.61. The van der Waals surface area contributed by atoms with E-state index in [-0.39, 0.29) is 0 Å². The van der Waals surface area contributed by atoms with Crippen molar-refractivity contribution in [2.45, 2.75) is 39.5 Å². The highest BCUT2D eigenvalue weighted by Gasteiger charge is 2.14. The van der Waals surface area contributed by atoms with E-state index in [0.717, 1.165) is 0 Å². The number of hydrogen-bond acceptors (Lipinski definition) is 0. The summed E-state index contributed by atoms with van der Waals surface area (Å²) in [7, 11) is -0.933. The molecule has 0 rings (SSSR count). The first-order chi connectivity index (χ1) is 4.87. The van der Waals surface area contributed by atoms with Crippen molar-refractivity contribution in [2.24, 2.45) is 0 Å². The molecule has 0 N–H and O–H groups in total. The van der Waals surface area contributed by atoms with E-state index in [0.29, 0.717) is 0 Å². The first-order valence-electron chi connectivity index (χ1n) is 4.15. The van der Waals surface area contributed by atoms with Crippen LogP contribution in [0.3, 0.4) is 0 Å². The minimum Gasteiger partial charge on any atom is -0.0988 e. The van der Waals surface area contributed by atoms with Crippen LogP contribution in [0.5, 0.6) is 0 Å². The van der Waals surface area contributed by atoms with Crippen LogP contribution in [0, 0.1) is 0 Å². The molecule has 1 heteroatoms. The third-order valence-corrected chi connectivity index (χ3v) is 3.05. The van der Waals surface area contributed by atoms with Crippen LogP contribution in [0.2, 0.25) is 25.7 Å². The van der Waals surface area contributed by atoms with E-state index in [9.17, 15) is 0 Å². The normalized spacial score (nSPS) is 11.0. The van der Waals surface area contributed by atoms with Crippen LogP contribution in [0.1, 0.15) is 13.8 Å². The summed E-state index contributed by atoms with van der Waals surface area (Å²) in [5, 5.41) is 0. The molecule has 0 heterocycles. The zero-order chi connectivity index (χ0) is 9.07. The van der Waals surface area contributed by atoms with Gasteiger partial charge in [0.1, 0.15) is 0 Å². The highest BCUT2D eigenvalue weighted by Crippen LogP contribution is 2.19. The summed E-state index contributed by atoms with van der Waals surface area (Å²) in [4.78, 5) is 0. The van der Waals surface area contributed by atoms with Crippen LogP contribution < -0.4 is 0 Å². The van der Waals surface area contributed by atoms with E-state index in [1.54, 1.807) is 0 Å². The summed E-state index contributed by atoms with van der Waals surface area (Å²) in [6, 6.07) is 1.26. The molecule has 64 valence electrons. The van der Waals surface area contributed by atoms with E-state index >= 15 is 0 Å². The molecule has 0 saturated heterocycles. The van der Waals surface area contributed by atoms with Crippen LogP contribution >= 0.6 is 0 Å². The Morgan fingerprint density at radius 3 is 1.82 bits per heavy atom. The Morgan fingerprint density at radius 1 is 1.27 bits per heavy atom. The maximum Gasteiger partial charge on any atom is 0.0487 e. The van der Waals surface area contributed by atoms with E-state index in [1.807, 2.05) is 6.08 Å². The summed E-state index contributed by atoms with van der Waals surface area (Å²) < 4.78 is 0. The molecule has 0 unspecified atom stereocenters. The van der Waals surface area contributed by atoms with E-state index in [4.69, 9.17) is 0 Å². The predicted molar refractivity (Wildman–Crippen MR) is 56.7 cm³/mol. The zero-order valence-electron chi connectivity index (χ0n) is 8.49. The second kappa shape index (κ2) is 3.91. The van der Waals surface area contributed by atoms with Crippen LogP contribution in [-0.4, -0.2) is 8.07 Å². The first kappa shape index (κ1) is 10.7. The van der Waals surface area contributed by atoms with Crippen molar-refractivity contribution in [3.8, 4) is 0 Å². The van der Waals surface area contributed by atoms with Crippen LogP contribution in [0.4, 0.5) is 0 Å². The fraction of sp³-hybridized carbons (Fsp3) is 0.600. The van der Waals surface area contributed by atoms with Gasteiger partial charge in [0, 0.05) is 8.07 Å². The Labute approximate surface area is 72.0 Å². The molecule has 0 atom stereocenters.